The van der Waals surface area contributed by atoms with E-state index in [1.54, 1.807) is 14.5 Å². The molecule has 0 bridgehead atoms. The Balaban J connectivity index is 1.45. The summed E-state index contributed by atoms with van der Waals surface area (Å²) in [6, 6.07) is 6.10. The first kappa shape index (κ1) is 26.1. The molecule has 206 valence electrons. The summed E-state index contributed by atoms with van der Waals surface area (Å²) in [5, 5.41) is 19.0. The molecule has 2 amide bonds. The van der Waals surface area contributed by atoms with Crippen LogP contribution in [0.25, 0.3) is 11.0 Å². The first-order chi connectivity index (χ1) is 18.7. The molecular formula is C28H33N5O5S. The van der Waals surface area contributed by atoms with Crippen molar-refractivity contribution in [3.8, 4) is 0 Å². The smallest absolute Gasteiger partial charge is 0.311 e. The number of rotatable bonds is 6. The van der Waals surface area contributed by atoms with E-state index in [2.05, 4.69) is 10.3 Å². The van der Waals surface area contributed by atoms with Gasteiger partial charge in [-0.25, -0.2) is 4.68 Å². The maximum absolute atomic E-state index is 14.5. The highest BCUT2D eigenvalue weighted by atomic mass is 32.2. The van der Waals surface area contributed by atoms with E-state index in [4.69, 9.17) is 4.74 Å². The topological polar surface area (TPSA) is 118 Å². The van der Waals surface area contributed by atoms with Crippen LogP contribution in [0.5, 0.6) is 0 Å². The van der Waals surface area contributed by atoms with Crippen LogP contribution in [-0.4, -0.2) is 89.0 Å². The number of aliphatic hydroxyl groups is 1. The van der Waals surface area contributed by atoms with Gasteiger partial charge in [-0.05, 0) is 37.5 Å². The van der Waals surface area contributed by atoms with E-state index in [0.29, 0.717) is 13.0 Å². The van der Waals surface area contributed by atoms with Crippen LogP contribution in [0.2, 0.25) is 0 Å². The number of hydrogen-bond donors (Lipinski definition) is 1. The molecule has 11 heteroatoms. The Labute approximate surface area is 231 Å². The highest BCUT2D eigenvalue weighted by Gasteiger charge is 2.74. The lowest BCUT2D eigenvalue weighted by molar-refractivity contribution is -0.153. The molecule has 4 aliphatic rings. The van der Waals surface area contributed by atoms with E-state index < -0.39 is 39.4 Å². The summed E-state index contributed by atoms with van der Waals surface area (Å²) in [4.78, 5) is 45.5. The number of benzene rings is 1. The molecule has 0 radical (unpaired) electrons. The number of fused-ring (bicyclic) bond motifs is 3. The summed E-state index contributed by atoms with van der Waals surface area (Å²) in [7, 11) is 0. The number of thioether (sulfide) groups is 1. The van der Waals surface area contributed by atoms with Gasteiger partial charge in [0, 0.05) is 11.3 Å². The van der Waals surface area contributed by atoms with Gasteiger partial charge in [-0.2, -0.15) is 0 Å². The molecule has 1 unspecified atom stereocenters. The van der Waals surface area contributed by atoms with Crippen molar-refractivity contribution in [3.63, 3.8) is 0 Å². The molecule has 1 aromatic carbocycles. The summed E-state index contributed by atoms with van der Waals surface area (Å²) in [6.07, 6.45) is 8.19. The minimum Gasteiger partial charge on any atom is -0.461 e. The molecule has 5 heterocycles. The fraction of sp³-hybridized carbons (Fsp3) is 0.536. The molecule has 1 spiro atoms. The average Bonchev–Trinajstić information content (AvgIpc) is 3.43. The number of ether oxygens (including phenoxy) is 1. The van der Waals surface area contributed by atoms with Gasteiger partial charge in [-0.1, -0.05) is 49.4 Å². The summed E-state index contributed by atoms with van der Waals surface area (Å²) in [5.41, 5.74) is 1.53. The Hall–Kier alpha value is -3.18. The number of carbonyl (C=O) groups excluding carboxylic acids is 3. The lowest BCUT2D eigenvalue weighted by Gasteiger charge is -2.40. The van der Waals surface area contributed by atoms with Crippen LogP contribution in [0.4, 0.5) is 0 Å². The minimum atomic E-state index is -0.988. The third-order valence-electron chi connectivity index (χ3n) is 8.41. The number of nitrogens with zero attached hydrogens (tertiary/aromatic N) is 5. The maximum Gasteiger partial charge on any atom is 0.311 e. The number of likely N-dealkylation sites (tertiary alicyclic amines) is 1. The Kier molecular flexibility index (Phi) is 6.33. The highest BCUT2D eigenvalue weighted by molar-refractivity contribution is 8.02. The van der Waals surface area contributed by atoms with Crippen LogP contribution >= 0.6 is 11.8 Å². The van der Waals surface area contributed by atoms with Crippen LogP contribution in [0.1, 0.15) is 27.2 Å². The monoisotopic (exact) mass is 551 g/mol. The molecule has 6 rings (SSSR count). The molecule has 6 atom stereocenters. The van der Waals surface area contributed by atoms with Crippen molar-refractivity contribution < 1.29 is 24.2 Å². The van der Waals surface area contributed by atoms with Gasteiger partial charge in [0.25, 0.3) is 0 Å². The Morgan fingerprint density at radius 3 is 2.69 bits per heavy atom. The Morgan fingerprint density at radius 2 is 1.92 bits per heavy atom. The van der Waals surface area contributed by atoms with Crippen molar-refractivity contribution in [1.29, 1.82) is 0 Å². The van der Waals surface area contributed by atoms with Gasteiger partial charge in [-0.15, -0.1) is 16.9 Å². The van der Waals surface area contributed by atoms with Gasteiger partial charge in [0.05, 0.1) is 34.7 Å². The molecule has 2 saturated heterocycles. The van der Waals surface area contributed by atoms with Crippen LogP contribution in [-0.2, 0) is 25.8 Å². The first-order valence-corrected chi connectivity index (χ1v) is 14.2. The third-order valence-corrected chi connectivity index (χ3v) is 10.2. The molecule has 2 fully saturated rings. The molecule has 0 saturated carbocycles. The number of aliphatic hydroxyl groups excluding tert-OH is 1. The van der Waals surface area contributed by atoms with Crippen LogP contribution < -0.4 is 0 Å². The van der Waals surface area contributed by atoms with Gasteiger partial charge in [0.2, 0.25) is 11.8 Å². The number of amides is 2. The SMILES string of the molecule is CC(C)C[C@H](CO)N1C(=O)[C@@H]2[C@H]3C(=O)OCC=C[C@@]3(C)S[C@@]23C=CCN(Cn2nnc4ccccc42)C(=O)C13. The summed E-state index contributed by atoms with van der Waals surface area (Å²) < 4.78 is 5.47. The lowest BCUT2D eigenvalue weighted by Crippen LogP contribution is -2.57. The molecule has 39 heavy (non-hydrogen) atoms. The molecule has 10 nitrogen and oxygen atoms in total. The number of aromatic nitrogens is 3. The second-order valence-corrected chi connectivity index (χ2v) is 13.2. The number of para-hydroxylation sites is 1. The molecule has 0 aliphatic carbocycles. The standard InChI is InChI=1S/C28H33N5O5S/c1-17(2)14-18(15-34)33-23-25(36)31(16-32-20-9-5-4-8-19(20)29-30-32)12-6-11-28(23)21(24(33)35)22-26(37)38-13-7-10-27(22,3)39-28/h4-11,17-18,21-23,34H,12-16H2,1-3H3/t18-,21+,22+,23?,27-,28+/m1/s1. The predicted octanol–water partition coefficient (Wildman–Crippen LogP) is 1.99. The number of carbonyl (C=O) groups is 3. The maximum atomic E-state index is 14.5. The van der Waals surface area contributed by atoms with E-state index in [0.717, 1.165) is 11.0 Å². The predicted molar refractivity (Wildman–Crippen MR) is 145 cm³/mol. The van der Waals surface area contributed by atoms with Crippen molar-refractivity contribution in [3.05, 3.63) is 48.6 Å². The quantitative estimate of drug-likeness (QED) is 0.428. The summed E-state index contributed by atoms with van der Waals surface area (Å²) >= 11 is 1.50. The molecule has 2 aromatic rings. The molecular weight excluding hydrogens is 518 g/mol. The van der Waals surface area contributed by atoms with E-state index in [1.807, 2.05) is 69.3 Å². The Morgan fingerprint density at radius 1 is 1.13 bits per heavy atom. The first-order valence-electron chi connectivity index (χ1n) is 13.4. The second kappa shape index (κ2) is 9.48. The average molecular weight is 552 g/mol. The Bertz CT molecular complexity index is 1390. The number of hydrogen-bond acceptors (Lipinski definition) is 8. The van der Waals surface area contributed by atoms with Crippen LogP contribution in [0.15, 0.2) is 48.6 Å². The van der Waals surface area contributed by atoms with Crippen LogP contribution in [0, 0.1) is 17.8 Å². The van der Waals surface area contributed by atoms with Gasteiger partial charge in [0.15, 0.2) is 0 Å². The van der Waals surface area contributed by atoms with Crippen LogP contribution in [0.3, 0.4) is 0 Å². The summed E-state index contributed by atoms with van der Waals surface area (Å²) in [6.45, 7) is 6.36. The fourth-order valence-electron chi connectivity index (χ4n) is 6.87. The van der Waals surface area contributed by atoms with Gasteiger partial charge >= 0.3 is 5.97 Å². The third kappa shape index (κ3) is 3.92. The normalized spacial score (nSPS) is 32.7. The van der Waals surface area contributed by atoms with Crippen molar-refractivity contribution in [1.82, 2.24) is 24.8 Å². The van der Waals surface area contributed by atoms with Crippen molar-refractivity contribution >= 4 is 40.6 Å². The van der Waals surface area contributed by atoms with Gasteiger partial charge in [0.1, 0.15) is 24.8 Å². The highest BCUT2D eigenvalue weighted by Crippen LogP contribution is 2.65. The van der Waals surface area contributed by atoms with Crippen molar-refractivity contribution in [2.75, 3.05) is 19.8 Å². The van der Waals surface area contributed by atoms with Crippen molar-refractivity contribution in [2.45, 2.75) is 55.4 Å². The molecule has 1 aromatic heterocycles. The number of esters is 1. The largest absolute Gasteiger partial charge is 0.461 e. The number of cyclic esters (lactones) is 1. The van der Waals surface area contributed by atoms with E-state index in [-0.39, 0.29) is 37.6 Å². The fourth-order valence-corrected chi connectivity index (χ4v) is 9.01. The zero-order chi connectivity index (χ0) is 27.5. The van der Waals surface area contributed by atoms with E-state index in [9.17, 15) is 19.5 Å². The summed E-state index contributed by atoms with van der Waals surface area (Å²) in [5.74, 6) is -2.29. The van der Waals surface area contributed by atoms with E-state index >= 15 is 0 Å². The van der Waals surface area contributed by atoms with E-state index in [1.165, 1.54) is 11.8 Å². The van der Waals surface area contributed by atoms with Gasteiger partial charge < -0.3 is 19.6 Å². The molecule has 1 N–H and O–H groups in total. The van der Waals surface area contributed by atoms with Gasteiger partial charge in [-0.3, -0.25) is 14.4 Å². The zero-order valence-electron chi connectivity index (χ0n) is 22.3. The second-order valence-electron chi connectivity index (χ2n) is 11.4. The lowest BCUT2D eigenvalue weighted by atomic mass is 9.75. The minimum absolute atomic E-state index is 0.157. The van der Waals surface area contributed by atoms with Crippen molar-refractivity contribution in [2.24, 2.45) is 17.8 Å². The molecule has 4 aliphatic heterocycles. The zero-order valence-corrected chi connectivity index (χ0v) is 23.1.